The second-order valence-corrected chi connectivity index (χ2v) is 54.8. The molecule has 8 aliphatic rings. The van der Waals surface area contributed by atoms with Crippen molar-refractivity contribution in [2.45, 2.75) is 339 Å². The zero-order valence-corrected chi connectivity index (χ0v) is 91.4. The topological polar surface area (TPSA) is 470 Å². The number of hydrogen-bond acceptors (Lipinski definition) is 30. The number of aliphatic hydroxyl groups excluding tert-OH is 8. The molecule has 0 spiro atoms. The van der Waals surface area contributed by atoms with Crippen molar-refractivity contribution in [3.05, 3.63) is 43.9 Å². The molecule has 772 valence electrons. The normalized spacial score (nSPS) is 21.5. The zero-order chi connectivity index (χ0) is 101. The van der Waals surface area contributed by atoms with E-state index in [4.69, 9.17) is 78.3 Å². The molecule has 0 aromatic carbocycles. The van der Waals surface area contributed by atoms with Crippen LogP contribution < -0.4 is 0 Å². The summed E-state index contributed by atoms with van der Waals surface area (Å²) in [6, 6.07) is 0. The van der Waals surface area contributed by atoms with E-state index in [0.717, 1.165) is 123 Å². The van der Waals surface area contributed by atoms with Crippen molar-refractivity contribution in [1.29, 1.82) is 0 Å². The molecule has 8 heterocycles. The number of imide groups is 2. The maximum absolute atomic E-state index is 12.9. The fourth-order valence-electron chi connectivity index (χ4n) is 17.0. The van der Waals surface area contributed by atoms with Gasteiger partial charge in [-0.15, -0.1) is 51.4 Å². The molecule has 12 unspecified atom stereocenters. The van der Waals surface area contributed by atoms with Crippen LogP contribution in [0, 0.1) is 67.0 Å². The molecule has 0 aromatic rings. The molecule has 42 heteroatoms. The fraction of sp³-hybridized carbons (Fsp3) is 0.826. The van der Waals surface area contributed by atoms with E-state index in [2.05, 4.69) is 68.1 Å². The van der Waals surface area contributed by atoms with E-state index < -0.39 is 90.8 Å². The first-order valence-electron chi connectivity index (χ1n) is 46.9. The van der Waals surface area contributed by atoms with Gasteiger partial charge in [0.05, 0.1) is 89.6 Å². The number of fused-ring (bicyclic) bond motifs is 4. The summed E-state index contributed by atoms with van der Waals surface area (Å²) in [4.78, 5) is 101. The summed E-state index contributed by atoms with van der Waals surface area (Å²) < 4.78 is 65.8. The van der Waals surface area contributed by atoms with Gasteiger partial charge < -0.3 is 70.2 Å². The van der Waals surface area contributed by atoms with Crippen molar-refractivity contribution in [3.8, 4) is 0 Å². The van der Waals surface area contributed by atoms with E-state index in [-0.39, 0.29) is 81.5 Å². The third kappa shape index (κ3) is 46.8. The van der Waals surface area contributed by atoms with Crippen molar-refractivity contribution < 1.29 is 125 Å². The average molecular weight is 2120 g/mol. The Bertz CT molecular complexity index is 3830. The summed E-state index contributed by atoms with van der Waals surface area (Å²) in [5.41, 5.74) is -2.47. The minimum absolute atomic E-state index is 0.0302. The van der Waals surface area contributed by atoms with Crippen LogP contribution >= 0.6 is 124 Å². The highest BCUT2D eigenvalue weighted by Gasteiger charge is 2.45. The monoisotopic (exact) mass is 2120 g/mol. The van der Waals surface area contributed by atoms with Crippen LogP contribution in [0.2, 0.25) is 0 Å². The van der Waals surface area contributed by atoms with Gasteiger partial charge in [-0.05, 0) is 268 Å². The molecule has 14 N–H and O–H groups in total. The molecule has 4 saturated heterocycles. The first kappa shape index (κ1) is 123. The lowest BCUT2D eigenvalue weighted by Crippen LogP contribution is -2.47. The Hall–Kier alpha value is -1.36. The van der Waals surface area contributed by atoms with Gasteiger partial charge in [0.1, 0.15) is 9.98 Å². The zero-order valence-electron chi connectivity index (χ0n) is 81.4. The van der Waals surface area contributed by atoms with Crippen molar-refractivity contribution in [2.75, 3.05) is 73.9 Å². The van der Waals surface area contributed by atoms with Crippen LogP contribution in [0.5, 0.6) is 0 Å². The number of hydrogen-bond donors (Lipinski definition) is 14. The largest absolute Gasteiger partial charge is 0.469 e. The number of phosphoric acid groups is 2. The number of thioether (sulfide) groups is 4. The summed E-state index contributed by atoms with van der Waals surface area (Å²) in [6.07, 6.45) is 20.1. The molecule has 0 radical (unpaired) electrons. The van der Waals surface area contributed by atoms with Crippen LogP contribution in [0.1, 0.15) is 291 Å². The number of rotatable bonds is 56. The second kappa shape index (κ2) is 55.3. The Morgan fingerprint density at radius 3 is 0.881 bits per heavy atom. The minimum atomic E-state index is -4.52. The van der Waals surface area contributed by atoms with E-state index in [9.17, 15) is 77.6 Å². The first-order valence-corrected chi connectivity index (χ1v) is 58.0. The van der Waals surface area contributed by atoms with Crippen LogP contribution in [-0.2, 0) is 56.8 Å². The predicted octanol–water partition coefficient (Wildman–Crippen LogP) is 16.8. The lowest BCUT2D eigenvalue weighted by Gasteiger charge is -2.38. The van der Waals surface area contributed by atoms with E-state index in [0.29, 0.717) is 166 Å². The van der Waals surface area contributed by atoms with Crippen molar-refractivity contribution >= 4 is 177 Å². The minimum Gasteiger partial charge on any atom is -0.393 e. The molecule has 8 aliphatic heterocycles. The SMILES string of the molecule is CC(C)(CCC(O)CCC(O)CCC(C)(C)CN1C(=O)C=C2SCCC2C1=O)CN1C(=O)C=C2SCCC2C1=O.CC(C)(CCC(O)CCC(O)CCC(C)(C)CN1C(=S)C=C2SCCC2C1=S)CN1C(=S)C=C2SCCC2C1=S.CC(C)(CCC(O)CCC(O)CCC(C)(C)COP(=O)(O)O)COP(=O)(O)O.CC(C)(CCC(O)CCC(O)CCC(C)(C)CS(=O)(=O)O)CSOOO. The van der Waals surface area contributed by atoms with Gasteiger partial charge in [0.15, 0.2) is 0 Å². The maximum Gasteiger partial charge on any atom is 0.469 e. The van der Waals surface area contributed by atoms with Gasteiger partial charge in [-0.1, -0.05) is 165 Å². The van der Waals surface area contributed by atoms with Crippen LogP contribution in [0.15, 0.2) is 43.9 Å². The highest BCUT2D eigenvalue weighted by molar-refractivity contribution is 8.04. The highest BCUT2D eigenvalue weighted by atomic mass is 32.2. The van der Waals surface area contributed by atoms with Gasteiger partial charge >= 0.3 is 15.6 Å². The number of aliphatic hydroxyl groups is 8. The molecule has 0 saturated carbocycles. The van der Waals surface area contributed by atoms with Gasteiger partial charge in [0, 0.05) is 77.8 Å². The lowest BCUT2D eigenvalue weighted by atomic mass is 9.83. The van der Waals surface area contributed by atoms with Crippen molar-refractivity contribution in [2.24, 2.45) is 67.0 Å². The highest BCUT2D eigenvalue weighted by Crippen LogP contribution is 2.48. The summed E-state index contributed by atoms with van der Waals surface area (Å²) in [5.74, 6) is 3.91. The molecular weight excluding hydrogens is 1960 g/mol. The summed E-state index contributed by atoms with van der Waals surface area (Å²) in [6.45, 7) is 33.6. The van der Waals surface area contributed by atoms with E-state index in [1.54, 1.807) is 77.2 Å². The van der Waals surface area contributed by atoms with Crippen LogP contribution in [-0.4, -0.2) is 265 Å². The number of carbonyl (C=O) groups is 4. The predicted molar refractivity (Wildman–Crippen MR) is 551 cm³/mol. The third-order valence-electron chi connectivity index (χ3n) is 25.7. The average Bonchev–Trinajstić information content (AvgIpc) is 1.60. The van der Waals surface area contributed by atoms with E-state index in [1.165, 1.54) is 19.6 Å². The quantitative estimate of drug-likeness (QED) is 0.00393. The van der Waals surface area contributed by atoms with Crippen LogP contribution in [0.25, 0.3) is 0 Å². The van der Waals surface area contributed by atoms with Gasteiger partial charge in [0.2, 0.25) is 11.8 Å². The van der Waals surface area contributed by atoms with E-state index in [1.807, 2.05) is 65.1 Å². The number of thiocarbonyl (C=S) groups is 4. The van der Waals surface area contributed by atoms with Gasteiger partial charge in [-0.3, -0.25) is 42.6 Å². The lowest BCUT2D eigenvalue weighted by molar-refractivity contribution is -0.432. The molecule has 0 aromatic heterocycles. The number of phosphoric ester groups is 2. The van der Waals surface area contributed by atoms with Gasteiger partial charge in [-0.25, -0.2) is 14.4 Å². The molecule has 8 rings (SSSR count). The van der Waals surface area contributed by atoms with Crippen LogP contribution in [0.3, 0.4) is 0 Å². The maximum atomic E-state index is 12.9. The number of nitrogens with zero attached hydrogens (tertiary/aromatic N) is 4. The molecule has 134 heavy (non-hydrogen) atoms. The standard InChI is InChI=1S/C30H44N2O6S2.C30H44N2O2S6.C16H36O10P2.C16H34O8S2/c2*1-29(2,17-31-25(35)15-23-21(27(31)37)9-13-39-23)11-7-19(33)5-6-20(34)8-12-30(3,4)18-32-26(36)16-24-22(28(32)38)10-14-40-24;1-15(2,11-25-27(19,20)21)9-7-13(17)5-6-14(18)8-10-16(3,4)12-26-28(22,23)24;1-15(2,11-25-24-23-19)9-7-13(17)5-6-14(18)8-10-16(3,4)12-26(20,21)22/h2*15-16,19-22,33-34H,5-14,17-18H2,1-4H3;13-14,17-18H,5-12H2,1-4H3,(H2,19,20,21)(H2,22,23,24);13-14,17-19H,5-12H2,1-4H3,(H,20,21,22). The summed E-state index contributed by atoms with van der Waals surface area (Å²) >= 11 is 31.0. The Labute approximate surface area is 839 Å². The summed E-state index contributed by atoms with van der Waals surface area (Å²) in [5, 5.41) is 94.6. The van der Waals surface area contributed by atoms with E-state index >= 15 is 0 Å². The Morgan fingerprint density at radius 1 is 0.381 bits per heavy atom. The third-order valence-corrected chi connectivity index (χ3v) is 35.2. The summed E-state index contributed by atoms with van der Waals surface area (Å²) in [7, 11) is -13.1. The number of carbonyl (C=O) groups excluding carboxylic acids is 4. The van der Waals surface area contributed by atoms with Crippen molar-refractivity contribution in [3.63, 3.8) is 0 Å². The number of amides is 4. The smallest absolute Gasteiger partial charge is 0.393 e. The Kier molecular flexibility index (Phi) is 50.8. The fourth-order valence-corrected chi connectivity index (χ4v) is 26.3. The molecular formula is C92H158N4O26P2S10. The molecule has 0 aliphatic carbocycles. The van der Waals surface area contributed by atoms with Gasteiger partial charge in [-0.2, -0.15) is 8.42 Å². The molecule has 4 amide bonds. The molecule has 0 bridgehead atoms. The van der Waals surface area contributed by atoms with Gasteiger partial charge in [0.25, 0.3) is 21.9 Å². The van der Waals surface area contributed by atoms with Crippen molar-refractivity contribution in [1.82, 2.24) is 19.6 Å². The van der Waals surface area contributed by atoms with Crippen LogP contribution in [0.4, 0.5) is 0 Å². The Morgan fingerprint density at radius 2 is 0.619 bits per heavy atom. The molecule has 4 fully saturated rings. The molecule has 12 atom stereocenters. The Balaban J connectivity index is 0.000000322. The second-order valence-electron chi connectivity index (χ2n) is 43.8. The first-order chi connectivity index (χ1) is 61.7. The molecule has 30 nitrogen and oxygen atoms in total.